The van der Waals surface area contributed by atoms with Crippen LogP contribution in [0.5, 0.6) is 0 Å². The minimum atomic E-state index is 0. The third kappa shape index (κ3) is 6.74. The van der Waals surface area contributed by atoms with E-state index in [1.54, 1.807) is 0 Å². The van der Waals surface area contributed by atoms with Gasteiger partial charge in [-0.1, -0.05) is 13.8 Å². The standard InChI is InChI=1S/C18H34N4O2S.HI/c1-5-19-17(20-13-18(25-4)7-10-24-11-8-18)21-15-6-9-22(12-15)16(23)14(2)3;/h14-15H,5-13H2,1-4H3,(H2,19,20,21);1H. The van der Waals surface area contributed by atoms with Crippen molar-refractivity contribution in [3.63, 3.8) is 0 Å². The van der Waals surface area contributed by atoms with Crippen LogP contribution in [0, 0.1) is 5.92 Å². The summed E-state index contributed by atoms with van der Waals surface area (Å²) >= 11 is 1.91. The molecule has 2 aliphatic rings. The number of thioether (sulfide) groups is 1. The van der Waals surface area contributed by atoms with Crippen LogP contribution in [0.3, 0.4) is 0 Å². The van der Waals surface area contributed by atoms with Gasteiger partial charge < -0.3 is 20.3 Å². The summed E-state index contributed by atoms with van der Waals surface area (Å²) in [5.41, 5.74) is 0. The summed E-state index contributed by atoms with van der Waals surface area (Å²) in [5.74, 6) is 1.18. The zero-order valence-electron chi connectivity index (χ0n) is 16.5. The van der Waals surface area contributed by atoms with Crippen molar-refractivity contribution in [1.29, 1.82) is 0 Å². The van der Waals surface area contributed by atoms with Crippen LogP contribution in [0.4, 0.5) is 0 Å². The van der Waals surface area contributed by atoms with E-state index in [1.807, 2.05) is 30.5 Å². The molecule has 0 spiro atoms. The zero-order chi connectivity index (χ0) is 18.3. The molecule has 0 aromatic rings. The minimum Gasteiger partial charge on any atom is -0.381 e. The molecule has 0 aliphatic carbocycles. The fourth-order valence-electron chi connectivity index (χ4n) is 3.35. The summed E-state index contributed by atoms with van der Waals surface area (Å²) < 4.78 is 5.70. The molecule has 0 bridgehead atoms. The quantitative estimate of drug-likeness (QED) is 0.335. The Morgan fingerprint density at radius 1 is 1.38 bits per heavy atom. The smallest absolute Gasteiger partial charge is 0.225 e. The van der Waals surface area contributed by atoms with Crippen LogP contribution in [-0.2, 0) is 9.53 Å². The van der Waals surface area contributed by atoms with Crippen molar-refractivity contribution in [2.45, 2.75) is 50.8 Å². The molecule has 0 aromatic heterocycles. The van der Waals surface area contributed by atoms with Gasteiger partial charge in [0.1, 0.15) is 0 Å². The molecule has 2 rings (SSSR count). The van der Waals surface area contributed by atoms with Crippen molar-refractivity contribution in [3.8, 4) is 0 Å². The molecule has 26 heavy (non-hydrogen) atoms. The number of ether oxygens (including phenoxy) is 1. The van der Waals surface area contributed by atoms with Crippen molar-refractivity contribution < 1.29 is 9.53 Å². The molecule has 2 heterocycles. The first kappa shape index (κ1) is 23.8. The summed E-state index contributed by atoms with van der Waals surface area (Å²) in [6.45, 7) is 10.9. The fraction of sp³-hybridized carbons (Fsp3) is 0.889. The van der Waals surface area contributed by atoms with Gasteiger partial charge in [-0.2, -0.15) is 11.8 Å². The molecule has 0 saturated carbocycles. The summed E-state index contributed by atoms with van der Waals surface area (Å²) in [6.07, 6.45) is 5.26. The van der Waals surface area contributed by atoms with Gasteiger partial charge in [-0.3, -0.25) is 9.79 Å². The second-order valence-electron chi connectivity index (χ2n) is 7.26. The van der Waals surface area contributed by atoms with Gasteiger partial charge >= 0.3 is 0 Å². The first-order valence-electron chi connectivity index (χ1n) is 9.46. The van der Waals surface area contributed by atoms with E-state index in [4.69, 9.17) is 9.73 Å². The molecule has 2 N–H and O–H groups in total. The van der Waals surface area contributed by atoms with E-state index in [1.165, 1.54) is 0 Å². The lowest BCUT2D eigenvalue weighted by molar-refractivity contribution is -0.133. The van der Waals surface area contributed by atoms with E-state index >= 15 is 0 Å². The molecular weight excluding hydrogens is 463 g/mol. The van der Waals surface area contributed by atoms with Crippen LogP contribution in [0.25, 0.3) is 0 Å². The number of nitrogens with one attached hydrogen (secondary N) is 2. The average molecular weight is 498 g/mol. The highest BCUT2D eigenvalue weighted by molar-refractivity contribution is 14.0. The van der Waals surface area contributed by atoms with Gasteiger partial charge in [0.05, 0.1) is 6.54 Å². The molecular formula is C18H35IN4O2S. The number of hydrogen-bond acceptors (Lipinski definition) is 4. The van der Waals surface area contributed by atoms with E-state index in [9.17, 15) is 4.79 Å². The average Bonchev–Trinajstić information content (AvgIpc) is 3.08. The lowest BCUT2D eigenvalue weighted by Crippen LogP contribution is -2.46. The topological polar surface area (TPSA) is 66.0 Å². The van der Waals surface area contributed by atoms with E-state index in [2.05, 4.69) is 23.8 Å². The Morgan fingerprint density at radius 2 is 2.08 bits per heavy atom. The number of likely N-dealkylation sites (tertiary alicyclic amines) is 1. The second kappa shape index (κ2) is 11.6. The highest BCUT2D eigenvalue weighted by Gasteiger charge is 2.32. The largest absolute Gasteiger partial charge is 0.381 e. The lowest BCUT2D eigenvalue weighted by atomic mass is 9.99. The molecule has 2 aliphatic heterocycles. The number of rotatable bonds is 6. The summed E-state index contributed by atoms with van der Waals surface area (Å²) in [4.78, 5) is 19.0. The van der Waals surface area contributed by atoms with Gasteiger partial charge in [-0.05, 0) is 32.4 Å². The number of aliphatic imine (C=N–C) groups is 1. The maximum absolute atomic E-state index is 12.2. The molecule has 0 radical (unpaired) electrons. The van der Waals surface area contributed by atoms with Gasteiger partial charge in [0.2, 0.25) is 5.91 Å². The zero-order valence-corrected chi connectivity index (χ0v) is 19.7. The maximum atomic E-state index is 12.2. The summed E-state index contributed by atoms with van der Waals surface area (Å²) in [5, 5.41) is 6.88. The van der Waals surface area contributed by atoms with Crippen LogP contribution in [0.2, 0.25) is 0 Å². The van der Waals surface area contributed by atoms with Crippen LogP contribution >= 0.6 is 35.7 Å². The van der Waals surface area contributed by atoms with Crippen LogP contribution in [0.1, 0.15) is 40.0 Å². The summed E-state index contributed by atoms with van der Waals surface area (Å²) in [6, 6.07) is 0.278. The Morgan fingerprint density at radius 3 is 2.65 bits per heavy atom. The van der Waals surface area contributed by atoms with Crippen molar-refractivity contribution in [3.05, 3.63) is 0 Å². The Hall–Kier alpha value is -0.220. The second-order valence-corrected chi connectivity index (χ2v) is 8.54. The fourth-order valence-corrected chi connectivity index (χ4v) is 4.12. The number of guanidine groups is 1. The third-order valence-corrected chi connectivity index (χ3v) is 6.44. The molecule has 2 saturated heterocycles. The van der Waals surface area contributed by atoms with Gasteiger partial charge in [0.15, 0.2) is 5.96 Å². The molecule has 0 aromatic carbocycles. The number of carbonyl (C=O) groups excluding carboxylic acids is 1. The Kier molecular flexibility index (Phi) is 10.6. The Bertz CT molecular complexity index is 470. The normalized spacial score (nSPS) is 22.9. The van der Waals surface area contributed by atoms with E-state index in [0.29, 0.717) is 0 Å². The number of nitrogens with zero attached hydrogens (tertiary/aromatic N) is 2. The van der Waals surface area contributed by atoms with Crippen molar-refractivity contribution >= 4 is 47.6 Å². The minimum absolute atomic E-state index is 0. The number of hydrogen-bond donors (Lipinski definition) is 2. The molecule has 1 amide bonds. The predicted molar refractivity (Wildman–Crippen MR) is 121 cm³/mol. The monoisotopic (exact) mass is 498 g/mol. The molecule has 8 heteroatoms. The van der Waals surface area contributed by atoms with E-state index < -0.39 is 0 Å². The van der Waals surface area contributed by atoms with Crippen molar-refractivity contribution in [2.24, 2.45) is 10.9 Å². The molecule has 6 nitrogen and oxygen atoms in total. The highest BCUT2D eigenvalue weighted by atomic mass is 127. The van der Waals surface area contributed by atoms with Gasteiger partial charge in [-0.25, -0.2) is 0 Å². The predicted octanol–water partition coefficient (Wildman–Crippen LogP) is 2.33. The number of halogens is 1. The molecule has 1 unspecified atom stereocenters. The first-order chi connectivity index (χ1) is 12.0. The summed E-state index contributed by atoms with van der Waals surface area (Å²) in [7, 11) is 0. The van der Waals surface area contributed by atoms with Crippen molar-refractivity contribution in [1.82, 2.24) is 15.5 Å². The molecule has 152 valence electrons. The van der Waals surface area contributed by atoms with Gasteiger partial charge in [0, 0.05) is 49.6 Å². The van der Waals surface area contributed by atoms with Crippen LogP contribution in [-0.4, -0.2) is 73.2 Å². The van der Waals surface area contributed by atoms with Crippen LogP contribution < -0.4 is 10.6 Å². The number of carbonyl (C=O) groups is 1. The van der Waals surface area contributed by atoms with E-state index in [-0.39, 0.29) is 46.6 Å². The molecule has 2 fully saturated rings. The number of amides is 1. The lowest BCUT2D eigenvalue weighted by Gasteiger charge is -2.34. The van der Waals surface area contributed by atoms with Gasteiger partial charge in [-0.15, -0.1) is 24.0 Å². The highest BCUT2D eigenvalue weighted by Crippen LogP contribution is 2.34. The van der Waals surface area contributed by atoms with Crippen molar-refractivity contribution in [2.75, 3.05) is 45.6 Å². The third-order valence-electron chi connectivity index (χ3n) is 5.04. The Labute approximate surface area is 179 Å². The maximum Gasteiger partial charge on any atom is 0.225 e. The van der Waals surface area contributed by atoms with Crippen LogP contribution in [0.15, 0.2) is 4.99 Å². The SMILES string of the molecule is CCNC(=NCC1(SC)CCOCC1)NC1CCN(C(=O)C(C)C)C1.I. The Balaban J connectivity index is 0.00000338. The van der Waals surface area contributed by atoms with E-state index in [0.717, 1.165) is 64.6 Å². The molecule has 1 atom stereocenters. The first-order valence-corrected chi connectivity index (χ1v) is 10.7. The van der Waals surface area contributed by atoms with Gasteiger partial charge in [0.25, 0.3) is 0 Å².